The number of nitriles is 1. The summed E-state index contributed by atoms with van der Waals surface area (Å²) in [6.45, 7) is 4.14. The monoisotopic (exact) mass is 263 g/mol. The third kappa shape index (κ3) is 4.59. The largest absolute Gasteiger partial charge is 0.383 e. The lowest BCUT2D eigenvalue weighted by Crippen LogP contribution is -2.36. The molecule has 4 nitrogen and oxygen atoms in total. The van der Waals surface area contributed by atoms with Crippen LogP contribution >= 0.6 is 0 Å². The molecule has 1 aromatic rings. The number of hydrogen-bond donors (Lipinski definition) is 2. The summed E-state index contributed by atoms with van der Waals surface area (Å²) in [5, 5.41) is 14.4. The lowest BCUT2D eigenvalue weighted by Gasteiger charge is -2.15. The maximum Gasteiger partial charge on any atom is 0.239 e. The minimum atomic E-state index is -1.01. The van der Waals surface area contributed by atoms with Gasteiger partial charge >= 0.3 is 0 Å². The number of anilines is 1. The highest BCUT2D eigenvalue weighted by Gasteiger charge is 2.26. The van der Waals surface area contributed by atoms with Crippen LogP contribution in [0.25, 0.3) is 0 Å². The van der Waals surface area contributed by atoms with Gasteiger partial charge in [-0.05, 0) is 32.4 Å². The fourth-order valence-electron chi connectivity index (χ4n) is 1.39. The van der Waals surface area contributed by atoms with E-state index in [4.69, 9.17) is 5.26 Å². The highest BCUT2D eigenvalue weighted by atomic mass is 19.1. The highest BCUT2D eigenvalue weighted by Crippen LogP contribution is 2.13. The molecule has 0 aliphatic heterocycles. The number of hydrogen-bond acceptors (Lipinski definition) is 3. The van der Waals surface area contributed by atoms with Gasteiger partial charge in [-0.3, -0.25) is 4.79 Å². The Bertz CT molecular complexity index is 480. The van der Waals surface area contributed by atoms with Crippen LogP contribution in [0.4, 0.5) is 10.1 Å². The van der Waals surface area contributed by atoms with Gasteiger partial charge in [0.05, 0.1) is 11.8 Å². The fraction of sp³-hybridized carbons (Fsp3) is 0.429. The molecule has 1 amide bonds. The van der Waals surface area contributed by atoms with E-state index in [9.17, 15) is 9.18 Å². The number of rotatable bonds is 6. The van der Waals surface area contributed by atoms with E-state index < -0.39 is 5.41 Å². The summed E-state index contributed by atoms with van der Waals surface area (Å²) in [6, 6.07) is 8.37. The summed E-state index contributed by atoms with van der Waals surface area (Å²) in [6.07, 6.45) is 0.654. The summed E-state index contributed by atoms with van der Waals surface area (Å²) in [5.74, 6) is -0.585. The van der Waals surface area contributed by atoms with Crippen molar-refractivity contribution in [2.24, 2.45) is 5.41 Å². The number of benzene rings is 1. The quantitative estimate of drug-likeness (QED) is 0.774. The van der Waals surface area contributed by atoms with E-state index >= 15 is 0 Å². The Labute approximate surface area is 112 Å². The molecule has 0 heterocycles. The summed E-state index contributed by atoms with van der Waals surface area (Å²) < 4.78 is 13.3. The van der Waals surface area contributed by atoms with E-state index in [0.29, 0.717) is 25.2 Å². The second-order valence-corrected chi connectivity index (χ2v) is 4.75. The molecule has 0 radical (unpaired) electrons. The van der Waals surface area contributed by atoms with E-state index in [1.54, 1.807) is 32.0 Å². The molecule has 2 N–H and O–H groups in total. The summed E-state index contributed by atoms with van der Waals surface area (Å²) in [7, 11) is 0. The zero-order chi connectivity index (χ0) is 14.3. The third-order valence-corrected chi connectivity index (χ3v) is 2.68. The van der Waals surface area contributed by atoms with Crippen molar-refractivity contribution in [3.63, 3.8) is 0 Å². The molecule has 0 aliphatic rings. The first-order valence-electron chi connectivity index (χ1n) is 6.15. The second-order valence-electron chi connectivity index (χ2n) is 4.75. The fourth-order valence-corrected chi connectivity index (χ4v) is 1.39. The molecular weight excluding hydrogens is 245 g/mol. The van der Waals surface area contributed by atoms with Crippen molar-refractivity contribution in [3.05, 3.63) is 30.1 Å². The molecule has 1 aromatic carbocycles. The van der Waals surface area contributed by atoms with Gasteiger partial charge in [0.1, 0.15) is 11.2 Å². The summed E-state index contributed by atoms with van der Waals surface area (Å²) >= 11 is 0. The molecule has 0 saturated carbocycles. The van der Waals surface area contributed by atoms with Crippen molar-refractivity contribution in [3.8, 4) is 6.07 Å². The molecule has 0 saturated heterocycles. The van der Waals surface area contributed by atoms with Gasteiger partial charge in [-0.15, -0.1) is 0 Å². The number of amides is 1. The molecule has 0 aromatic heterocycles. The van der Waals surface area contributed by atoms with Crippen LogP contribution < -0.4 is 10.6 Å². The SMILES string of the molecule is CC(C)(C#N)C(=O)NCCCNc1ccccc1F. The van der Waals surface area contributed by atoms with E-state index in [1.165, 1.54) is 6.07 Å². The Morgan fingerprint density at radius 3 is 2.68 bits per heavy atom. The maximum absolute atomic E-state index is 13.3. The Balaban J connectivity index is 2.25. The molecular formula is C14H18FN3O. The van der Waals surface area contributed by atoms with E-state index in [1.807, 2.05) is 6.07 Å². The Hall–Kier alpha value is -2.09. The molecule has 0 atom stereocenters. The third-order valence-electron chi connectivity index (χ3n) is 2.68. The first-order chi connectivity index (χ1) is 8.97. The van der Waals surface area contributed by atoms with Crippen LogP contribution in [0.15, 0.2) is 24.3 Å². The maximum atomic E-state index is 13.3. The normalized spacial score (nSPS) is 10.6. The van der Waals surface area contributed by atoms with Gasteiger partial charge in [0.2, 0.25) is 5.91 Å². The number of para-hydroxylation sites is 1. The molecule has 0 aliphatic carbocycles. The smallest absolute Gasteiger partial charge is 0.239 e. The van der Waals surface area contributed by atoms with Crippen molar-refractivity contribution in [2.75, 3.05) is 18.4 Å². The first-order valence-corrected chi connectivity index (χ1v) is 6.15. The van der Waals surface area contributed by atoms with Crippen molar-refractivity contribution in [2.45, 2.75) is 20.3 Å². The summed E-state index contributed by atoms with van der Waals surface area (Å²) in [4.78, 5) is 11.6. The van der Waals surface area contributed by atoms with Crippen LogP contribution in [-0.4, -0.2) is 19.0 Å². The van der Waals surface area contributed by atoms with E-state index in [-0.39, 0.29) is 11.7 Å². The second kappa shape index (κ2) is 6.74. The van der Waals surface area contributed by atoms with E-state index in [0.717, 1.165) is 0 Å². The van der Waals surface area contributed by atoms with Crippen molar-refractivity contribution in [1.82, 2.24) is 5.32 Å². The van der Waals surface area contributed by atoms with Gasteiger partial charge in [-0.2, -0.15) is 5.26 Å². The van der Waals surface area contributed by atoms with Crippen LogP contribution in [0.1, 0.15) is 20.3 Å². The van der Waals surface area contributed by atoms with Gasteiger partial charge < -0.3 is 10.6 Å². The lowest BCUT2D eigenvalue weighted by molar-refractivity contribution is -0.126. The minimum absolute atomic E-state index is 0.291. The van der Waals surface area contributed by atoms with Gasteiger partial charge in [0.25, 0.3) is 0 Å². The van der Waals surface area contributed by atoms with Gasteiger partial charge in [0.15, 0.2) is 0 Å². The molecule has 5 heteroatoms. The lowest BCUT2D eigenvalue weighted by atomic mass is 9.95. The number of nitrogens with one attached hydrogen (secondary N) is 2. The average molecular weight is 263 g/mol. The number of nitrogens with zero attached hydrogens (tertiary/aromatic N) is 1. The van der Waals surface area contributed by atoms with Crippen LogP contribution in [0.2, 0.25) is 0 Å². The first kappa shape index (κ1) is 15.0. The average Bonchev–Trinajstić information content (AvgIpc) is 2.40. The van der Waals surface area contributed by atoms with Crippen molar-refractivity contribution >= 4 is 11.6 Å². The van der Waals surface area contributed by atoms with Crippen LogP contribution in [0, 0.1) is 22.6 Å². The highest BCUT2D eigenvalue weighted by molar-refractivity contribution is 5.84. The zero-order valence-electron chi connectivity index (χ0n) is 11.2. The predicted octanol–water partition coefficient (Wildman–Crippen LogP) is 2.29. The number of halogens is 1. The van der Waals surface area contributed by atoms with Crippen LogP contribution in [-0.2, 0) is 4.79 Å². The predicted molar refractivity (Wildman–Crippen MR) is 71.9 cm³/mol. The molecule has 0 spiro atoms. The Kier molecular flexibility index (Phi) is 5.31. The Morgan fingerprint density at radius 2 is 2.05 bits per heavy atom. The van der Waals surface area contributed by atoms with Crippen molar-refractivity contribution < 1.29 is 9.18 Å². The topological polar surface area (TPSA) is 64.9 Å². The minimum Gasteiger partial charge on any atom is -0.383 e. The molecule has 0 fully saturated rings. The number of carbonyl (C=O) groups is 1. The molecule has 19 heavy (non-hydrogen) atoms. The van der Waals surface area contributed by atoms with E-state index in [2.05, 4.69) is 10.6 Å². The van der Waals surface area contributed by atoms with Crippen LogP contribution in [0.5, 0.6) is 0 Å². The standard InChI is InChI=1S/C14H18FN3O/c1-14(2,10-16)13(19)18-9-5-8-17-12-7-4-3-6-11(12)15/h3-4,6-7,17H,5,8-9H2,1-2H3,(H,18,19). The molecule has 0 bridgehead atoms. The van der Waals surface area contributed by atoms with Gasteiger partial charge in [0, 0.05) is 13.1 Å². The summed E-state index contributed by atoms with van der Waals surface area (Å²) in [5.41, 5.74) is -0.565. The van der Waals surface area contributed by atoms with Gasteiger partial charge in [-0.1, -0.05) is 12.1 Å². The van der Waals surface area contributed by atoms with Gasteiger partial charge in [-0.25, -0.2) is 4.39 Å². The Morgan fingerprint density at radius 1 is 1.37 bits per heavy atom. The molecule has 1 rings (SSSR count). The van der Waals surface area contributed by atoms with Crippen LogP contribution in [0.3, 0.4) is 0 Å². The number of carbonyl (C=O) groups excluding carboxylic acids is 1. The molecule has 102 valence electrons. The van der Waals surface area contributed by atoms with Crippen molar-refractivity contribution in [1.29, 1.82) is 5.26 Å². The molecule has 0 unspecified atom stereocenters. The zero-order valence-corrected chi connectivity index (χ0v) is 11.2.